The smallest absolute Gasteiger partial charge is 0.222 e. The first-order valence-electron chi connectivity index (χ1n) is 10.3. The summed E-state index contributed by atoms with van der Waals surface area (Å²) in [6.07, 6.45) is 1.08. The van der Waals surface area contributed by atoms with Crippen LogP contribution in [0.25, 0.3) is 16.7 Å². The highest BCUT2D eigenvalue weighted by atomic mass is 16.2. The molecule has 4 rings (SSSR count). The normalized spacial score (nSPS) is 11.4. The van der Waals surface area contributed by atoms with Crippen molar-refractivity contribution in [2.45, 2.75) is 47.1 Å². The number of hydrogen-bond donors (Lipinski definition) is 0. The fourth-order valence-electron chi connectivity index (χ4n) is 4.10. The number of aryl methyl sites for hydroxylation is 4. The van der Waals surface area contributed by atoms with Crippen molar-refractivity contribution in [3.63, 3.8) is 0 Å². The molecule has 0 saturated heterocycles. The number of amides is 1. The van der Waals surface area contributed by atoms with E-state index in [1.165, 1.54) is 0 Å². The third-order valence-corrected chi connectivity index (χ3v) is 5.69. The van der Waals surface area contributed by atoms with Crippen molar-refractivity contribution in [3.05, 3.63) is 70.2 Å². The Hall–Kier alpha value is -3.28. The maximum atomic E-state index is 12.7. The summed E-state index contributed by atoms with van der Waals surface area (Å²) in [4.78, 5) is 23.9. The molecule has 0 radical (unpaired) electrons. The molecule has 0 aliphatic heterocycles. The van der Waals surface area contributed by atoms with E-state index >= 15 is 0 Å². The molecular formula is C24H27N5O. The lowest BCUT2D eigenvalue weighted by atomic mass is 10.1. The minimum atomic E-state index is 0.122. The van der Waals surface area contributed by atoms with Gasteiger partial charge in [-0.3, -0.25) is 4.79 Å². The van der Waals surface area contributed by atoms with Crippen LogP contribution in [0, 0.1) is 27.7 Å². The molecule has 0 saturated carbocycles. The van der Waals surface area contributed by atoms with E-state index < -0.39 is 0 Å². The van der Waals surface area contributed by atoms with Crippen molar-refractivity contribution in [3.8, 4) is 0 Å². The van der Waals surface area contributed by atoms with Gasteiger partial charge in [0.2, 0.25) is 5.91 Å². The van der Waals surface area contributed by atoms with Crippen LogP contribution in [0.2, 0.25) is 0 Å². The zero-order chi connectivity index (χ0) is 21.4. The molecule has 0 atom stereocenters. The van der Waals surface area contributed by atoms with Crippen LogP contribution in [0.4, 0.5) is 0 Å². The van der Waals surface area contributed by atoms with Gasteiger partial charge in [-0.2, -0.15) is 0 Å². The van der Waals surface area contributed by atoms with E-state index in [1.54, 1.807) is 4.90 Å². The van der Waals surface area contributed by atoms with Gasteiger partial charge in [0.15, 0.2) is 11.3 Å². The topological polar surface area (TPSA) is 63.4 Å². The van der Waals surface area contributed by atoms with Gasteiger partial charge in [-0.05, 0) is 56.9 Å². The number of pyridine rings is 1. The van der Waals surface area contributed by atoms with Crippen molar-refractivity contribution in [2.75, 3.05) is 7.05 Å². The highest BCUT2D eigenvalue weighted by molar-refractivity contribution is 5.93. The number of benzene rings is 1. The molecule has 30 heavy (non-hydrogen) atoms. The Morgan fingerprint density at radius 2 is 1.80 bits per heavy atom. The Morgan fingerprint density at radius 3 is 2.53 bits per heavy atom. The van der Waals surface area contributed by atoms with Gasteiger partial charge in [-0.1, -0.05) is 30.3 Å². The van der Waals surface area contributed by atoms with Gasteiger partial charge >= 0.3 is 0 Å². The maximum Gasteiger partial charge on any atom is 0.222 e. The predicted molar refractivity (Wildman–Crippen MR) is 118 cm³/mol. The summed E-state index contributed by atoms with van der Waals surface area (Å²) < 4.78 is 1.88. The van der Waals surface area contributed by atoms with Gasteiger partial charge in [0.1, 0.15) is 0 Å². The Labute approximate surface area is 176 Å². The first-order chi connectivity index (χ1) is 14.3. The van der Waals surface area contributed by atoms with Gasteiger partial charge in [0.05, 0.1) is 5.39 Å². The van der Waals surface area contributed by atoms with E-state index in [-0.39, 0.29) is 5.91 Å². The molecule has 1 amide bonds. The third kappa shape index (κ3) is 3.65. The van der Waals surface area contributed by atoms with Crippen molar-refractivity contribution in [2.24, 2.45) is 0 Å². The van der Waals surface area contributed by atoms with E-state index in [0.717, 1.165) is 50.5 Å². The lowest BCUT2D eigenvalue weighted by Crippen LogP contribution is -2.26. The standard InChI is InChI=1S/C24H27N5O/c1-15-13-16(2)25-23-22(15)24-26-17(3)20(18(4)29(24)27-23)11-12-21(30)28(5)14-19-9-7-6-8-10-19/h6-10,13H,11-12,14H2,1-5H3. The van der Waals surface area contributed by atoms with Crippen LogP contribution in [0.5, 0.6) is 0 Å². The fraction of sp³-hybridized carbons (Fsp3) is 0.333. The van der Waals surface area contributed by atoms with Crippen molar-refractivity contribution < 1.29 is 4.79 Å². The molecule has 0 bridgehead atoms. The highest BCUT2D eigenvalue weighted by Crippen LogP contribution is 2.25. The quantitative estimate of drug-likeness (QED) is 0.505. The van der Waals surface area contributed by atoms with Gasteiger partial charge in [-0.15, -0.1) is 5.10 Å². The van der Waals surface area contributed by atoms with Crippen LogP contribution >= 0.6 is 0 Å². The number of fused-ring (bicyclic) bond motifs is 3. The molecule has 3 aromatic heterocycles. The largest absolute Gasteiger partial charge is 0.341 e. The molecule has 0 aliphatic rings. The highest BCUT2D eigenvalue weighted by Gasteiger charge is 2.18. The summed E-state index contributed by atoms with van der Waals surface area (Å²) in [5, 5.41) is 5.70. The van der Waals surface area contributed by atoms with Crippen LogP contribution in [0.3, 0.4) is 0 Å². The number of rotatable bonds is 5. The predicted octanol–water partition coefficient (Wildman–Crippen LogP) is 4.10. The lowest BCUT2D eigenvalue weighted by Gasteiger charge is -2.18. The van der Waals surface area contributed by atoms with E-state index in [4.69, 9.17) is 10.1 Å². The van der Waals surface area contributed by atoms with Gasteiger partial charge in [0.25, 0.3) is 0 Å². The molecule has 0 N–H and O–H groups in total. The summed E-state index contributed by atoms with van der Waals surface area (Å²) in [7, 11) is 1.85. The third-order valence-electron chi connectivity index (χ3n) is 5.69. The van der Waals surface area contributed by atoms with E-state index in [1.807, 2.05) is 62.7 Å². The van der Waals surface area contributed by atoms with Crippen molar-refractivity contribution in [1.29, 1.82) is 0 Å². The summed E-state index contributed by atoms with van der Waals surface area (Å²) in [6.45, 7) is 8.72. The molecule has 3 heterocycles. The molecule has 154 valence electrons. The SMILES string of the molecule is Cc1cc(C)c2c(n1)nn1c(C)c(CCC(=O)N(C)Cc3ccccc3)c(C)nc21. The fourth-order valence-corrected chi connectivity index (χ4v) is 4.10. The summed E-state index contributed by atoms with van der Waals surface area (Å²) in [6, 6.07) is 12.1. The monoisotopic (exact) mass is 401 g/mol. The molecule has 0 spiro atoms. The average Bonchev–Trinajstić information content (AvgIpc) is 3.06. The van der Waals surface area contributed by atoms with Crippen LogP contribution in [-0.2, 0) is 17.8 Å². The van der Waals surface area contributed by atoms with Gasteiger partial charge < -0.3 is 4.90 Å². The Kier molecular flexibility index (Phi) is 5.24. The first-order valence-corrected chi connectivity index (χ1v) is 10.3. The maximum absolute atomic E-state index is 12.7. The van der Waals surface area contributed by atoms with E-state index in [2.05, 4.69) is 18.0 Å². The number of aromatic nitrogens is 4. The molecule has 6 heteroatoms. The van der Waals surface area contributed by atoms with Crippen LogP contribution < -0.4 is 0 Å². The molecule has 1 aromatic carbocycles. The number of hydrogen-bond acceptors (Lipinski definition) is 4. The second-order valence-electron chi connectivity index (χ2n) is 8.01. The number of nitrogens with zero attached hydrogens (tertiary/aromatic N) is 5. The second kappa shape index (κ2) is 7.86. The van der Waals surface area contributed by atoms with Gasteiger partial charge in [0, 0.05) is 37.1 Å². The molecule has 0 unspecified atom stereocenters. The molecule has 4 aromatic rings. The summed E-state index contributed by atoms with van der Waals surface area (Å²) in [5.74, 6) is 0.122. The van der Waals surface area contributed by atoms with E-state index in [0.29, 0.717) is 19.4 Å². The molecule has 0 aliphatic carbocycles. The Bertz CT molecular complexity index is 1240. The van der Waals surface area contributed by atoms with Gasteiger partial charge in [-0.25, -0.2) is 14.5 Å². The zero-order valence-electron chi connectivity index (χ0n) is 18.2. The lowest BCUT2D eigenvalue weighted by molar-refractivity contribution is -0.130. The molecular weight excluding hydrogens is 374 g/mol. The van der Waals surface area contributed by atoms with Crippen LogP contribution in [0.15, 0.2) is 36.4 Å². The summed E-state index contributed by atoms with van der Waals surface area (Å²) >= 11 is 0. The second-order valence-corrected chi connectivity index (χ2v) is 8.01. The Morgan fingerprint density at radius 1 is 1.07 bits per heavy atom. The minimum Gasteiger partial charge on any atom is -0.341 e. The average molecular weight is 402 g/mol. The minimum absolute atomic E-state index is 0.122. The van der Waals surface area contributed by atoms with Crippen molar-refractivity contribution in [1.82, 2.24) is 24.5 Å². The number of carbonyl (C=O) groups excluding carboxylic acids is 1. The summed E-state index contributed by atoms with van der Waals surface area (Å²) in [5.41, 5.74) is 7.80. The number of carbonyl (C=O) groups is 1. The molecule has 0 fully saturated rings. The Balaban J connectivity index is 1.59. The van der Waals surface area contributed by atoms with Crippen molar-refractivity contribution >= 4 is 22.6 Å². The molecule has 6 nitrogen and oxygen atoms in total. The van der Waals surface area contributed by atoms with Crippen LogP contribution in [0.1, 0.15) is 40.2 Å². The first kappa shape index (κ1) is 20.0. The van der Waals surface area contributed by atoms with Crippen LogP contribution in [-0.4, -0.2) is 37.4 Å². The van der Waals surface area contributed by atoms with E-state index in [9.17, 15) is 4.79 Å². The zero-order valence-corrected chi connectivity index (χ0v) is 18.2.